The molecule has 3 aromatic carbocycles. The summed E-state index contributed by atoms with van der Waals surface area (Å²) in [7, 11) is 0. The predicted molar refractivity (Wildman–Crippen MR) is 107 cm³/mol. The molecule has 3 rings (SSSR count). The minimum Gasteiger partial charge on any atom is -0.462 e. The largest absolute Gasteiger partial charge is 0.462 e. The van der Waals surface area contributed by atoms with Gasteiger partial charge < -0.3 is 4.74 Å². The minimum atomic E-state index is -0.248. The average molecular weight is 344 g/mol. The van der Waals surface area contributed by atoms with Crippen molar-refractivity contribution in [3.63, 3.8) is 0 Å². The van der Waals surface area contributed by atoms with Gasteiger partial charge in [0.1, 0.15) is 0 Å². The SMILES string of the molecule is CCOC(=O)c1c(C)c(Cc2ccccc2)cc(C)c1-c1ccccc1. The number of carbonyl (C=O) groups is 1. The third-order valence-electron chi connectivity index (χ3n) is 4.67. The van der Waals surface area contributed by atoms with Crippen molar-refractivity contribution in [1.82, 2.24) is 0 Å². The maximum absolute atomic E-state index is 12.8. The zero-order chi connectivity index (χ0) is 18.5. The van der Waals surface area contributed by atoms with Crippen molar-refractivity contribution in [2.45, 2.75) is 27.2 Å². The maximum Gasteiger partial charge on any atom is 0.339 e. The van der Waals surface area contributed by atoms with Crippen LogP contribution in [0, 0.1) is 13.8 Å². The highest BCUT2D eigenvalue weighted by Crippen LogP contribution is 2.33. The van der Waals surface area contributed by atoms with Crippen molar-refractivity contribution < 1.29 is 9.53 Å². The summed E-state index contributed by atoms with van der Waals surface area (Å²) in [5, 5.41) is 0. The molecule has 2 nitrogen and oxygen atoms in total. The molecule has 0 fully saturated rings. The molecule has 0 unspecified atom stereocenters. The second-order valence-electron chi connectivity index (χ2n) is 6.48. The topological polar surface area (TPSA) is 26.3 Å². The van der Waals surface area contributed by atoms with Gasteiger partial charge in [0.25, 0.3) is 0 Å². The molecule has 0 aliphatic carbocycles. The van der Waals surface area contributed by atoms with Crippen LogP contribution in [0.25, 0.3) is 11.1 Å². The Bertz CT molecular complexity index is 896. The summed E-state index contributed by atoms with van der Waals surface area (Å²) >= 11 is 0. The Morgan fingerprint density at radius 2 is 1.54 bits per heavy atom. The van der Waals surface area contributed by atoms with Crippen LogP contribution >= 0.6 is 0 Å². The van der Waals surface area contributed by atoms with Gasteiger partial charge in [-0.3, -0.25) is 0 Å². The third kappa shape index (κ3) is 3.70. The maximum atomic E-state index is 12.8. The summed E-state index contributed by atoms with van der Waals surface area (Å²) in [4.78, 5) is 12.8. The summed E-state index contributed by atoms with van der Waals surface area (Å²) in [6, 6.07) is 22.6. The third-order valence-corrected chi connectivity index (χ3v) is 4.67. The van der Waals surface area contributed by atoms with Crippen molar-refractivity contribution >= 4 is 5.97 Å². The van der Waals surface area contributed by atoms with Gasteiger partial charge in [0, 0.05) is 0 Å². The Balaban J connectivity index is 2.17. The van der Waals surface area contributed by atoms with Crippen LogP contribution in [0.4, 0.5) is 0 Å². The molecule has 0 aromatic heterocycles. The van der Waals surface area contributed by atoms with E-state index in [-0.39, 0.29) is 5.97 Å². The van der Waals surface area contributed by atoms with E-state index in [1.807, 2.05) is 62.4 Å². The van der Waals surface area contributed by atoms with Gasteiger partial charge in [0.2, 0.25) is 0 Å². The Morgan fingerprint density at radius 3 is 2.15 bits per heavy atom. The molecule has 0 spiro atoms. The smallest absolute Gasteiger partial charge is 0.339 e. The lowest BCUT2D eigenvalue weighted by Crippen LogP contribution is -2.12. The highest BCUT2D eigenvalue weighted by molar-refractivity contribution is 6.00. The highest BCUT2D eigenvalue weighted by atomic mass is 16.5. The van der Waals surface area contributed by atoms with E-state index in [9.17, 15) is 4.79 Å². The molecule has 132 valence electrons. The molecule has 0 heterocycles. The molecule has 0 N–H and O–H groups in total. The number of hydrogen-bond acceptors (Lipinski definition) is 2. The van der Waals surface area contributed by atoms with E-state index in [1.54, 1.807) is 0 Å². The van der Waals surface area contributed by atoms with E-state index < -0.39 is 0 Å². The molecule has 3 aromatic rings. The molecule has 0 amide bonds. The number of rotatable bonds is 5. The van der Waals surface area contributed by atoms with Gasteiger partial charge in [-0.25, -0.2) is 4.79 Å². The van der Waals surface area contributed by atoms with Crippen LogP contribution in [0.5, 0.6) is 0 Å². The van der Waals surface area contributed by atoms with Crippen LogP contribution in [-0.4, -0.2) is 12.6 Å². The molecule has 0 aliphatic rings. The molecular formula is C24H24O2. The molecule has 0 atom stereocenters. The van der Waals surface area contributed by atoms with E-state index in [2.05, 4.69) is 25.1 Å². The zero-order valence-electron chi connectivity index (χ0n) is 15.6. The first kappa shape index (κ1) is 17.9. The summed E-state index contributed by atoms with van der Waals surface area (Å²) < 4.78 is 5.39. The number of esters is 1. The zero-order valence-corrected chi connectivity index (χ0v) is 15.6. The molecule has 0 aliphatic heterocycles. The van der Waals surface area contributed by atoms with E-state index in [0.717, 1.165) is 34.2 Å². The summed E-state index contributed by atoms with van der Waals surface area (Å²) in [6.45, 7) is 6.31. The Labute approximate surface area is 155 Å². The number of hydrogen-bond donors (Lipinski definition) is 0. The van der Waals surface area contributed by atoms with Gasteiger partial charge in [-0.05, 0) is 60.6 Å². The van der Waals surface area contributed by atoms with Crippen molar-refractivity contribution in [1.29, 1.82) is 0 Å². The van der Waals surface area contributed by atoms with Crippen LogP contribution in [0.15, 0.2) is 66.7 Å². The number of benzene rings is 3. The molecule has 0 radical (unpaired) electrons. The normalized spacial score (nSPS) is 10.6. The predicted octanol–water partition coefficient (Wildman–Crippen LogP) is 5.74. The van der Waals surface area contributed by atoms with Crippen molar-refractivity contribution in [3.8, 4) is 11.1 Å². The van der Waals surface area contributed by atoms with Gasteiger partial charge in [0.05, 0.1) is 12.2 Å². The highest BCUT2D eigenvalue weighted by Gasteiger charge is 2.21. The lowest BCUT2D eigenvalue weighted by atomic mass is 9.87. The number of ether oxygens (including phenoxy) is 1. The average Bonchev–Trinajstić information content (AvgIpc) is 2.66. The Hall–Kier alpha value is -2.87. The van der Waals surface area contributed by atoms with Gasteiger partial charge in [-0.15, -0.1) is 0 Å². The fraction of sp³-hybridized carbons (Fsp3) is 0.208. The van der Waals surface area contributed by atoms with Gasteiger partial charge in [-0.1, -0.05) is 66.7 Å². The first-order valence-corrected chi connectivity index (χ1v) is 9.01. The second-order valence-corrected chi connectivity index (χ2v) is 6.48. The lowest BCUT2D eigenvalue weighted by Gasteiger charge is -2.19. The summed E-state index contributed by atoms with van der Waals surface area (Å²) in [5.74, 6) is -0.248. The van der Waals surface area contributed by atoms with Crippen LogP contribution < -0.4 is 0 Å². The number of carbonyl (C=O) groups excluding carboxylic acids is 1. The van der Waals surface area contributed by atoms with Gasteiger partial charge >= 0.3 is 5.97 Å². The van der Waals surface area contributed by atoms with E-state index in [4.69, 9.17) is 4.74 Å². The van der Waals surface area contributed by atoms with Crippen LogP contribution in [0.2, 0.25) is 0 Å². The fourth-order valence-electron chi connectivity index (χ4n) is 3.42. The molecule has 0 bridgehead atoms. The minimum absolute atomic E-state index is 0.248. The standard InChI is InChI=1S/C24H24O2/c1-4-26-24(25)23-18(3)21(16-19-11-7-5-8-12-19)15-17(2)22(23)20-13-9-6-10-14-20/h5-15H,4,16H2,1-3H3. The lowest BCUT2D eigenvalue weighted by molar-refractivity contribution is 0.0526. The quantitative estimate of drug-likeness (QED) is 0.552. The van der Waals surface area contributed by atoms with Crippen molar-refractivity contribution in [3.05, 3.63) is 94.5 Å². The molecule has 26 heavy (non-hydrogen) atoms. The first-order chi connectivity index (χ1) is 12.6. The monoisotopic (exact) mass is 344 g/mol. The van der Waals surface area contributed by atoms with E-state index >= 15 is 0 Å². The van der Waals surface area contributed by atoms with Crippen LogP contribution in [-0.2, 0) is 11.2 Å². The molecular weight excluding hydrogens is 320 g/mol. The Morgan fingerprint density at radius 1 is 0.923 bits per heavy atom. The van der Waals surface area contributed by atoms with Gasteiger partial charge in [-0.2, -0.15) is 0 Å². The van der Waals surface area contributed by atoms with Crippen molar-refractivity contribution in [2.24, 2.45) is 0 Å². The van der Waals surface area contributed by atoms with Crippen LogP contribution in [0.1, 0.15) is 39.5 Å². The van der Waals surface area contributed by atoms with Gasteiger partial charge in [0.15, 0.2) is 0 Å². The second kappa shape index (κ2) is 8.01. The van der Waals surface area contributed by atoms with Crippen molar-refractivity contribution in [2.75, 3.05) is 6.61 Å². The van der Waals surface area contributed by atoms with E-state index in [1.165, 1.54) is 5.56 Å². The van der Waals surface area contributed by atoms with E-state index in [0.29, 0.717) is 12.2 Å². The first-order valence-electron chi connectivity index (χ1n) is 9.01. The summed E-state index contributed by atoms with van der Waals surface area (Å²) in [5.41, 5.74) is 7.19. The fourth-order valence-corrected chi connectivity index (χ4v) is 3.42. The molecule has 0 saturated heterocycles. The number of aryl methyl sites for hydroxylation is 1. The molecule has 2 heteroatoms. The summed E-state index contributed by atoms with van der Waals surface area (Å²) in [6.07, 6.45) is 0.801. The van der Waals surface area contributed by atoms with Crippen LogP contribution in [0.3, 0.4) is 0 Å². The molecule has 0 saturated carbocycles. The Kier molecular flexibility index (Phi) is 5.52.